The van der Waals surface area contributed by atoms with Crippen LogP contribution in [0.15, 0.2) is 48.7 Å². The molecule has 0 radical (unpaired) electrons. The molecule has 1 aliphatic carbocycles. The second-order valence-electron chi connectivity index (χ2n) is 8.19. The van der Waals surface area contributed by atoms with Crippen molar-refractivity contribution in [1.29, 1.82) is 0 Å². The number of urea groups is 1. The molecule has 27 heavy (non-hydrogen) atoms. The zero-order chi connectivity index (χ0) is 19.3. The first kappa shape index (κ1) is 19.2. The van der Waals surface area contributed by atoms with Crippen molar-refractivity contribution in [1.82, 2.24) is 10.3 Å². The van der Waals surface area contributed by atoms with Crippen molar-refractivity contribution in [2.24, 2.45) is 0 Å². The van der Waals surface area contributed by atoms with Crippen molar-refractivity contribution in [3.63, 3.8) is 0 Å². The molecule has 2 N–H and O–H groups in total. The fourth-order valence-corrected chi connectivity index (χ4v) is 3.32. The van der Waals surface area contributed by atoms with E-state index in [2.05, 4.69) is 48.5 Å². The van der Waals surface area contributed by atoms with Gasteiger partial charge in [-0.1, -0.05) is 39.0 Å². The molecular weight excluding hydrogens is 338 g/mol. The van der Waals surface area contributed by atoms with E-state index in [1.807, 2.05) is 30.3 Å². The molecule has 0 bridgehead atoms. The van der Waals surface area contributed by atoms with Crippen LogP contribution in [0, 0.1) is 0 Å². The predicted octanol–water partition coefficient (Wildman–Crippen LogP) is 4.89. The molecule has 1 fully saturated rings. The van der Waals surface area contributed by atoms with Gasteiger partial charge in [-0.25, -0.2) is 9.78 Å². The van der Waals surface area contributed by atoms with Crippen molar-refractivity contribution in [3.8, 4) is 5.88 Å². The standard InChI is InChI=1S/C22H29N3O2/c1-22(2,3)16-7-9-17(10-8-16)24-21(26)25-18-11-13-19(14-12-18)27-20-6-4-5-15-23-20/h4-10,15,18-19H,11-14H2,1-3H3,(H2,24,25,26). The Hall–Kier alpha value is -2.56. The van der Waals surface area contributed by atoms with E-state index in [-0.39, 0.29) is 23.6 Å². The number of carbonyl (C=O) groups is 1. The third kappa shape index (κ3) is 5.71. The van der Waals surface area contributed by atoms with Gasteiger partial charge in [0, 0.05) is 24.0 Å². The highest BCUT2D eigenvalue weighted by atomic mass is 16.5. The van der Waals surface area contributed by atoms with Gasteiger partial charge in [0.2, 0.25) is 5.88 Å². The molecule has 1 aromatic carbocycles. The minimum atomic E-state index is -0.146. The van der Waals surface area contributed by atoms with Gasteiger partial charge >= 0.3 is 6.03 Å². The van der Waals surface area contributed by atoms with Gasteiger partial charge in [-0.3, -0.25) is 0 Å². The number of aromatic nitrogens is 1. The van der Waals surface area contributed by atoms with Gasteiger partial charge in [-0.15, -0.1) is 0 Å². The molecule has 2 aromatic rings. The van der Waals surface area contributed by atoms with Crippen LogP contribution in [0.4, 0.5) is 10.5 Å². The maximum atomic E-state index is 12.3. The monoisotopic (exact) mass is 367 g/mol. The van der Waals surface area contributed by atoms with Gasteiger partial charge in [0.25, 0.3) is 0 Å². The summed E-state index contributed by atoms with van der Waals surface area (Å²) in [5, 5.41) is 6.00. The second-order valence-corrected chi connectivity index (χ2v) is 8.19. The highest BCUT2D eigenvalue weighted by Crippen LogP contribution is 2.24. The molecule has 144 valence electrons. The Morgan fingerprint density at radius 3 is 2.33 bits per heavy atom. The van der Waals surface area contributed by atoms with E-state index < -0.39 is 0 Å². The fourth-order valence-electron chi connectivity index (χ4n) is 3.32. The van der Waals surface area contributed by atoms with E-state index in [9.17, 15) is 4.79 Å². The lowest BCUT2D eigenvalue weighted by Gasteiger charge is -2.29. The SMILES string of the molecule is CC(C)(C)c1ccc(NC(=O)NC2CCC(Oc3ccccn3)CC2)cc1. The van der Waals surface area contributed by atoms with Gasteiger partial charge in [0.1, 0.15) is 6.10 Å². The molecule has 5 heteroatoms. The van der Waals surface area contributed by atoms with E-state index in [4.69, 9.17) is 4.74 Å². The maximum absolute atomic E-state index is 12.3. The number of nitrogens with one attached hydrogen (secondary N) is 2. The molecule has 1 aromatic heterocycles. The van der Waals surface area contributed by atoms with Crippen molar-refractivity contribution in [2.75, 3.05) is 5.32 Å². The summed E-state index contributed by atoms with van der Waals surface area (Å²) in [7, 11) is 0. The van der Waals surface area contributed by atoms with Crippen LogP contribution in [-0.2, 0) is 5.41 Å². The predicted molar refractivity (Wildman–Crippen MR) is 108 cm³/mol. The van der Waals surface area contributed by atoms with E-state index in [0.717, 1.165) is 31.4 Å². The highest BCUT2D eigenvalue weighted by Gasteiger charge is 2.24. The minimum Gasteiger partial charge on any atom is -0.474 e. The molecular formula is C22H29N3O2. The Morgan fingerprint density at radius 1 is 1.04 bits per heavy atom. The summed E-state index contributed by atoms with van der Waals surface area (Å²) in [6.45, 7) is 6.53. The lowest BCUT2D eigenvalue weighted by molar-refractivity contribution is 0.135. The number of nitrogens with zero attached hydrogens (tertiary/aromatic N) is 1. The third-order valence-corrected chi connectivity index (χ3v) is 4.94. The van der Waals surface area contributed by atoms with Crippen LogP contribution in [0.5, 0.6) is 5.88 Å². The number of hydrogen-bond donors (Lipinski definition) is 2. The molecule has 0 spiro atoms. The normalized spacial score (nSPS) is 20.0. The molecule has 0 unspecified atom stereocenters. The summed E-state index contributed by atoms with van der Waals surface area (Å²) in [6, 6.07) is 13.8. The van der Waals surface area contributed by atoms with E-state index in [1.165, 1.54) is 5.56 Å². The van der Waals surface area contributed by atoms with Gasteiger partial charge < -0.3 is 15.4 Å². The summed E-state index contributed by atoms with van der Waals surface area (Å²) in [5.41, 5.74) is 2.17. The Bertz CT molecular complexity index is 730. The number of hydrogen-bond acceptors (Lipinski definition) is 3. The fraction of sp³-hybridized carbons (Fsp3) is 0.455. The first-order valence-electron chi connectivity index (χ1n) is 9.66. The molecule has 1 aliphatic rings. The van der Waals surface area contributed by atoms with Crippen LogP contribution in [0.25, 0.3) is 0 Å². The Kier molecular flexibility index (Phi) is 5.99. The Morgan fingerprint density at radius 2 is 1.74 bits per heavy atom. The first-order valence-corrected chi connectivity index (χ1v) is 9.66. The van der Waals surface area contributed by atoms with E-state index in [0.29, 0.717) is 5.88 Å². The quantitative estimate of drug-likeness (QED) is 0.808. The third-order valence-electron chi connectivity index (χ3n) is 4.94. The summed E-state index contributed by atoms with van der Waals surface area (Å²) in [5.74, 6) is 0.672. The summed E-state index contributed by atoms with van der Waals surface area (Å²) in [6.07, 6.45) is 5.57. The Balaban J connectivity index is 1.43. The van der Waals surface area contributed by atoms with Gasteiger partial charge in [-0.2, -0.15) is 0 Å². The second kappa shape index (κ2) is 8.42. The molecule has 2 amide bonds. The summed E-state index contributed by atoms with van der Waals surface area (Å²) >= 11 is 0. The molecule has 0 saturated heterocycles. The largest absolute Gasteiger partial charge is 0.474 e. The lowest BCUT2D eigenvalue weighted by atomic mass is 9.87. The molecule has 1 saturated carbocycles. The number of pyridine rings is 1. The van der Waals surface area contributed by atoms with Crippen LogP contribution in [-0.4, -0.2) is 23.2 Å². The summed E-state index contributed by atoms with van der Waals surface area (Å²) < 4.78 is 5.90. The molecule has 5 nitrogen and oxygen atoms in total. The number of ether oxygens (including phenoxy) is 1. The highest BCUT2D eigenvalue weighted by molar-refractivity contribution is 5.89. The van der Waals surface area contributed by atoms with E-state index >= 15 is 0 Å². The topological polar surface area (TPSA) is 63.2 Å². The Labute approximate surface area is 161 Å². The number of anilines is 1. The van der Waals surface area contributed by atoms with Gasteiger partial charge in [0.05, 0.1) is 0 Å². The number of rotatable bonds is 4. The van der Waals surface area contributed by atoms with Crippen LogP contribution in [0.3, 0.4) is 0 Å². The lowest BCUT2D eigenvalue weighted by Crippen LogP contribution is -2.41. The summed E-state index contributed by atoms with van der Waals surface area (Å²) in [4.78, 5) is 16.5. The number of benzene rings is 1. The van der Waals surface area contributed by atoms with Gasteiger partial charge in [-0.05, 0) is 54.9 Å². The minimum absolute atomic E-state index is 0.108. The van der Waals surface area contributed by atoms with Crippen molar-refractivity contribution >= 4 is 11.7 Å². The average Bonchev–Trinajstić information content (AvgIpc) is 2.64. The van der Waals surface area contributed by atoms with Crippen molar-refractivity contribution in [3.05, 3.63) is 54.2 Å². The van der Waals surface area contributed by atoms with Crippen LogP contribution in [0.2, 0.25) is 0 Å². The molecule has 0 aliphatic heterocycles. The molecule has 3 rings (SSSR count). The zero-order valence-corrected chi connectivity index (χ0v) is 16.4. The first-order chi connectivity index (χ1) is 12.9. The van der Waals surface area contributed by atoms with Crippen LogP contribution in [0.1, 0.15) is 52.0 Å². The smallest absolute Gasteiger partial charge is 0.319 e. The van der Waals surface area contributed by atoms with Gasteiger partial charge in [0.15, 0.2) is 0 Å². The number of carbonyl (C=O) groups excluding carboxylic acids is 1. The van der Waals surface area contributed by atoms with Crippen molar-refractivity contribution in [2.45, 2.75) is 64.0 Å². The van der Waals surface area contributed by atoms with Crippen molar-refractivity contribution < 1.29 is 9.53 Å². The zero-order valence-electron chi connectivity index (χ0n) is 16.4. The van der Waals surface area contributed by atoms with E-state index in [1.54, 1.807) is 6.20 Å². The van der Waals surface area contributed by atoms with Crippen LogP contribution >= 0.6 is 0 Å². The maximum Gasteiger partial charge on any atom is 0.319 e. The van der Waals surface area contributed by atoms with Crippen LogP contribution < -0.4 is 15.4 Å². The average molecular weight is 367 g/mol. The number of amides is 2. The molecule has 1 heterocycles. The molecule has 0 atom stereocenters.